The van der Waals surface area contributed by atoms with E-state index in [1.807, 2.05) is 5.38 Å². The molecule has 3 heterocycles. The average Bonchev–Trinajstić information content (AvgIpc) is 3.18. The van der Waals surface area contributed by atoms with Crippen LogP contribution in [0.4, 0.5) is 5.95 Å². The van der Waals surface area contributed by atoms with Gasteiger partial charge in [0.15, 0.2) is 16.7 Å². The van der Waals surface area contributed by atoms with E-state index in [0.29, 0.717) is 0 Å². The lowest BCUT2D eigenvalue weighted by Crippen LogP contribution is -2.41. The summed E-state index contributed by atoms with van der Waals surface area (Å²) in [7, 11) is -17.7. The monoisotopic (exact) mass is 600 g/mol. The van der Waals surface area contributed by atoms with E-state index in [1.165, 1.54) is 12.3 Å². The Balaban J connectivity index is 1.99. The maximum atomic E-state index is 12.2. The van der Waals surface area contributed by atoms with Crippen LogP contribution in [0.15, 0.2) is 17.1 Å². The van der Waals surface area contributed by atoms with Gasteiger partial charge >= 0.3 is 23.5 Å². The third kappa shape index (κ3) is 6.34. The van der Waals surface area contributed by atoms with Crippen LogP contribution in [0.3, 0.4) is 0 Å². The molecule has 0 aromatic carbocycles. The van der Waals surface area contributed by atoms with Crippen molar-refractivity contribution in [1.82, 2.24) is 14.5 Å². The van der Waals surface area contributed by atoms with Crippen molar-refractivity contribution >= 4 is 63.7 Å². The SMILES string of the molecule is [2H]C([2H])(OP(=O)(O)OP(=O)(O)OP(=O)(O)O)[C@H]1O[C@@H](n2ccc3c(=O)[nH]c(N)nc32)C(Cl)(C#CCl)[C@H]1O. The summed E-state index contributed by atoms with van der Waals surface area (Å²) in [4.78, 5) is 52.2. The summed E-state index contributed by atoms with van der Waals surface area (Å²) in [6.07, 6.45) is -5.08. The van der Waals surface area contributed by atoms with E-state index < -0.39 is 58.9 Å². The van der Waals surface area contributed by atoms with E-state index in [2.05, 4.69) is 29.0 Å². The van der Waals surface area contributed by atoms with Crippen molar-refractivity contribution < 1.29 is 59.0 Å². The van der Waals surface area contributed by atoms with Gasteiger partial charge in [-0.15, -0.1) is 0 Å². The lowest BCUT2D eigenvalue weighted by molar-refractivity contribution is -0.0426. The van der Waals surface area contributed by atoms with Gasteiger partial charge in [-0.3, -0.25) is 14.3 Å². The molecule has 0 spiro atoms. The molecule has 2 aromatic rings. The van der Waals surface area contributed by atoms with E-state index in [-0.39, 0.29) is 17.0 Å². The van der Waals surface area contributed by atoms with Crippen molar-refractivity contribution in [3.05, 3.63) is 22.6 Å². The number of ether oxygens (including phenoxy) is 1. The van der Waals surface area contributed by atoms with Gasteiger partial charge in [0.05, 0.1) is 14.7 Å². The number of hydrogen-bond acceptors (Lipinski definition) is 11. The second-order valence-electron chi connectivity index (χ2n) is 6.55. The Bertz CT molecular complexity index is 1490. The number of nitrogen functional groups attached to an aromatic ring is 1. The minimum Gasteiger partial charge on any atom is -0.387 e. The molecule has 2 aromatic heterocycles. The van der Waals surface area contributed by atoms with Gasteiger partial charge in [-0.1, -0.05) is 17.5 Å². The molecule has 0 bridgehead atoms. The van der Waals surface area contributed by atoms with Crippen LogP contribution in [0.25, 0.3) is 11.0 Å². The second-order valence-corrected chi connectivity index (χ2v) is 11.7. The highest BCUT2D eigenvalue weighted by Crippen LogP contribution is 2.66. The Kier molecular flexibility index (Phi) is 7.14. The zero-order valence-corrected chi connectivity index (χ0v) is 20.7. The molecule has 1 saturated heterocycles. The van der Waals surface area contributed by atoms with Crippen LogP contribution < -0.4 is 11.3 Å². The number of aromatic amines is 1. The van der Waals surface area contributed by atoms with Crippen LogP contribution in [0.5, 0.6) is 0 Å². The minimum atomic E-state index is -6.02. The number of phosphoric ester groups is 1. The standard InChI is InChI=1S/C13H15Cl2N4O13P3/c14-3-2-13(15)8(20)7(5-29-34(25,26)32-35(27,28)31-33(22,23)24)30-11(13)19-4-1-6-9(19)17-12(16)18-10(6)21/h1,4,7-8,11,20H,5H2,(H,25,26)(H,27,28)(H2,22,23,24)(H3,16,17,18,21)/t7-,8+,11-,13?/m1/s1/i5D2. The summed E-state index contributed by atoms with van der Waals surface area (Å²) in [6.45, 7) is -3.60. The van der Waals surface area contributed by atoms with Crippen LogP contribution >= 0.6 is 46.7 Å². The molecule has 0 aliphatic carbocycles. The summed E-state index contributed by atoms with van der Waals surface area (Å²) >= 11 is 11.9. The highest BCUT2D eigenvalue weighted by atomic mass is 35.5. The summed E-state index contributed by atoms with van der Waals surface area (Å²) in [6, 6.07) is 1.25. The molecule has 17 nitrogen and oxygen atoms in total. The number of alkyl halides is 1. The van der Waals surface area contributed by atoms with Gasteiger partial charge in [-0.25, -0.2) is 13.7 Å². The lowest BCUT2D eigenvalue weighted by Gasteiger charge is -2.25. The molecule has 0 saturated carbocycles. The Morgan fingerprint density at radius 3 is 2.57 bits per heavy atom. The summed E-state index contributed by atoms with van der Waals surface area (Å²) in [5.74, 6) is 1.86. The van der Waals surface area contributed by atoms with Gasteiger partial charge in [0.25, 0.3) is 5.56 Å². The number of nitrogens with zero attached hydrogens (tertiary/aromatic N) is 2. The van der Waals surface area contributed by atoms with Gasteiger partial charge in [-0.05, 0) is 17.7 Å². The van der Waals surface area contributed by atoms with Crippen molar-refractivity contribution in [3.63, 3.8) is 0 Å². The van der Waals surface area contributed by atoms with Crippen molar-refractivity contribution in [3.8, 4) is 11.3 Å². The zero-order valence-electron chi connectivity index (χ0n) is 18.5. The summed E-state index contributed by atoms with van der Waals surface area (Å²) < 4.78 is 68.2. The topological polar surface area (TPSA) is 266 Å². The van der Waals surface area contributed by atoms with E-state index >= 15 is 0 Å². The quantitative estimate of drug-likeness (QED) is 0.120. The molecule has 194 valence electrons. The molecule has 1 aliphatic rings. The predicted molar refractivity (Wildman–Crippen MR) is 117 cm³/mol. The van der Waals surface area contributed by atoms with E-state index in [4.69, 9.17) is 46.2 Å². The molecular weight excluding hydrogens is 584 g/mol. The Hall–Kier alpha value is -1.31. The van der Waals surface area contributed by atoms with Crippen LogP contribution in [0.2, 0.25) is 0 Å². The van der Waals surface area contributed by atoms with Gasteiger partial charge in [-0.2, -0.15) is 13.6 Å². The first-order valence-corrected chi connectivity index (χ1v) is 13.9. The third-order valence-corrected chi connectivity index (χ3v) is 8.41. The maximum Gasteiger partial charge on any atom is 0.490 e. The smallest absolute Gasteiger partial charge is 0.387 e. The number of hydrogen-bond donors (Lipinski definition) is 7. The number of nitrogens with one attached hydrogen (secondary N) is 1. The van der Waals surface area contributed by atoms with Crippen molar-refractivity contribution in [2.24, 2.45) is 0 Å². The number of aliphatic hydroxyl groups excluding tert-OH is 1. The number of rotatable bonds is 8. The molecule has 3 unspecified atom stereocenters. The third-order valence-electron chi connectivity index (χ3n) is 4.14. The largest absolute Gasteiger partial charge is 0.490 e. The molecular formula is C13H15Cl2N4O13P3. The molecule has 3 rings (SSSR count). The molecule has 1 fully saturated rings. The van der Waals surface area contributed by atoms with E-state index in [1.54, 1.807) is 0 Å². The van der Waals surface area contributed by atoms with Crippen molar-refractivity contribution in [2.45, 2.75) is 23.3 Å². The van der Waals surface area contributed by atoms with Gasteiger partial charge in [0, 0.05) is 11.6 Å². The Morgan fingerprint density at radius 2 is 1.97 bits per heavy atom. The van der Waals surface area contributed by atoms with Crippen molar-refractivity contribution in [2.75, 3.05) is 12.3 Å². The fourth-order valence-electron chi connectivity index (χ4n) is 2.91. The Morgan fingerprint density at radius 1 is 1.31 bits per heavy atom. The molecule has 35 heavy (non-hydrogen) atoms. The number of aliphatic hydroxyl groups is 1. The minimum absolute atomic E-state index is 0.0372. The van der Waals surface area contributed by atoms with E-state index in [9.17, 15) is 33.4 Å². The van der Waals surface area contributed by atoms with Crippen molar-refractivity contribution in [1.29, 1.82) is 0 Å². The fourth-order valence-corrected chi connectivity index (χ4v) is 6.31. The molecule has 0 amide bonds. The molecule has 6 atom stereocenters. The maximum absolute atomic E-state index is 12.2. The number of halogens is 2. The summed E-state index contributed by atoms with van der Waals surface area (Å²) in [5.41, 5.74) is 4.72. The highest BCUT2D eigenvalue weighted by Gasteiger charge is 2.56. The molecule has 0 radical (unpaired) electrons. The number of anilines is 1. The number of nitrogens with two attached hydrogens (primary N) is 1. The Labute approximate surface area is 207 Å². The van der Waals surface area contributed by atoms with Crippen LogP contribution in [0.1, 0.15) is 8.97 Å². The van der Waals surface area contributed by atoms with Gasteiger partial charge in [0.1, 0.15) is 12.2 Å². The first kappa shape index (κ1) is 25.3. The first-order valence-electron chi connectivity index (χ1n) is 9.57. The van der Waals surface area contributed by atoms with Gasteiger partial charge in [0.2, 0.25) is 5.95 Å². The molecule has 1 aliphatic heterocycles. The number of phosphoric acid groups is 3. The van der Waals surface area contributed by atoms with E-state index in [0.717, 1.165) is 4.57 Å². The average molecular weight is 601 g/mol. The lowest BCUT2D eigenvalue weighted by atomic mass is 9.99. The first-order chi connectivity index (χ1) is 16.7. The fraction of sp³-hybridized carbons (Fsp3) is 0.385. The molecule has 8 N–H and O–H groups in total. The van der Waals surface area contributed by atoms with Crippen LogP contribution in [-0.4, -0.2) is 62.9 Å². The summed E-state index contributed by atoms with van der Waals surface area (Å²) in [5, 5.41) is 12.6. The number of fused-ring (bicyclic) bond motifs is 1. The van der Waals surface area contributed by atoms with Crippen LogP contribution in [0, 0.1) is 11.3 Å². The highest BCUT2D eigenvalue weighted by molar-refractivity contribution is 7.66. The molecule has 22 heteroatoms. The second kappa shape index (κ2) is 9.86. The van der Waals surface area contributed by atoms with Crippen LogP contribution in [-0.2, 0) is 31.6 Å². The number of H-pyrrole nitrogens is 1. The normalized spacial score (nSPS) is 29.5. The number of aromatic nitrogens is 3. The predicted octanol–water partition coefficient (Wildman–Crippen LogP) is 0.0857. The zero-order chi connectivity index (χ0) is 28.2. The van der Waals surface area contributed by atoms with Gasteiger partial charge < -0.3 is 39.7 Å².